The summed E-state index contributed by atoms with van der Waals surface area (Å²) >= 11 is 12.1. The molecular formula is C21H23Cl2NO3. The van der Waals surface area contributed by atoms with Gasteiger partial charge in [0.15, 0.2) is 0 Å². The second kappa shape index (κ2) is 7.99. The number of carbonyl (C=O) groups is 1. The SMILES string of the molecule is COc1ccc2c(c1)C(NC(=O)CCc1ccc(Cl)cc1Cl)CC(C)(C)O2. The Labute approximate surface area is 169 Å². The molecule has 4 nitrogen and oxygen atoms in total. The smallest absolute Gasteiger partial charge is 0.220 e. The quantitative estimate of drug-likeness (QED) is 0.725. The number of aryl methyl sites for hydroxylation is 1. The summed E-state index contributed by atoms with van der Waals surface area (Å²) < 4.78 is 11.4. The summed E-state index contributed by atoms with van der Waals surface area (Å²) in [5, 5.41) is 4.31. The van der Waals surface area contributed by atoms with Crippen molar-refractivity contribution in [3.05, 3.63) is 57.6 Å². The first-order valence-electron chi connectivity index (χ1n) is 8.88. The van der Waals surface area contributed by atoms with Gasteiger partial charge in [0.05, 0.1) is 13.2 Å². The molecule has 2 aromatic carbocycles. The lowest BCUT2D eigenvalue weighted by atomic mass is 9.89. The van der Waals surface area contributed by atoms with Crippen LogP contribution in [0.2, 0.25) is 10.0 Å². The van der Waals surface area contributed by atoms with E-state index >= 15 is 0 Å². The minimum absolute atomic E-state index is 0.0301. The van der Waals surface area contributed by atoms with Gasteiger partial charge in [-0.3, -0.25) is 4.79 Å². The molecule has 0 aromatic heterocycles. The molecular weight excluding hydrogens is 385 g/mol. The van der Waals surface area contributed by atoms with Crippen LogP contribution in [0.5, 0.6) is 11.5 Å². The molecule has 1 aliphatic heterocycles. The molecule has 1 unspecified atom stereocenters. The Morgan fingerprint density at radius 3 is 2.74 bits per heavy atom. The van der Waals surface area contributed by atoms with Crippen LogP contribution in [-0.2, 0) is 11.2 Å². The average molecular weight is 408 g/mol. The lowest BCUT2D eigenvalue weighted by molar-refractivity contribution is -0.122. The molecule has 6 heteroatoms. The fourth-order valence-electron chi connectivity index (χ4n) is 3.33. The Balaban J connectivity index is 1.71. The van der Waals surface area contributed by atoms with Gasteiger partial charge >= 0.3 is 0 Å². The third kappa shape index (κ3) is 4.88. The summed E-state index contributed by atoms with van der Waals surface area (Å²) in [5.74, 6) is 1.49. The molecule has 0 aliphatic carbocycles. The third-order valence-electron chi connectivity index (χ3n) is 4.65. The first-order valence-corrected chi connectivity index (χ1v) is 9.63. The Morgan fingerprint density at radius 1 is 1.26 bits per heavy atom. The van der Waals surface area contributed by atoms with Gasteiger partial charge in [0.1, 0.15) is 17.1 Å². The van der Waals surface area contributed by atoms with E-state index < -0.39 is 0 Å². The molecule has 0 fully saturated rings. The molecule has 0 saturated heterocycles. The Hall–Kier alpha value is -1.91. The van der Waals surface area contributed by atoms with Crippen LogP contribution in [0.4, 0.5) is 0 Å². The van der Waals surface area contributed by atoms with Gasteiger partial charge in [-0.25, -0.2) is 0 Å². The monoisotopic (exact) mass is 407 g/mol. The highest BCUT2D eigenvalue weighted by atomic mass is 35.5. The first kappa shape index (κ1) is 19.8. The summed E-state index contributed by atoms with van der Waals surface area (Å²) in [6, 6.07) is 10.9. The standard InChI is InChI=1S/C21H23Cl2NO3/c1-21(2)12-18(16-11-15(26-3)7-8-19(16)27-21)24-20(25)9-5-13-4-6-14(22)10-17(13)23/h4,6-8,10-11,18H,5,9,12H2,1-3H3,(H,24,25). The van der Waals surface area contributed by atoms with Crippen molar-refractivity contribution in [3.63, 3.8) is 0 Å². The minimum Gasteiger partial charge on any atom is -0.497 e. The van der Waals surface area contributed by atoms with E-state index in [0.717, 1.165) is 22.6 Å². The molecule has 144 valence electrons. The summed E-state index contributed by atoms with van der Waals surface area (Å²) in [5.41, 5.74) is 1.48. The Morgan fingerprint density at radius 2 is 2.04 bits per heavy atom. The van der Waals surface area contributed by atoms with E-state index in [1.807, 2.05) is 38.1 Å². The summed E-state index contributed by atoms with van der Waals surface area (Å²) in [4.78, 5) is 12.6. The van der Waals surface area contributed by atoms with Crippen LogP contribution in [0.1, 0.15) is 43.9 Å². The second-order valence-electron chi connectivity index (χ2n) is 7.33. The van der Waals surface area contributed by atoms with Crippen LogP contribution >= 0.6 is 23.2 Å². The topological polar surface area (TPSA) is 47.6 Å². The number of halogens is 2. The molecule has 1 amide bonds. The summed E-state index contributed by atoms with van der Waals surface area (Å²) in [6.45, 7) is 4.04. The number of ether oxygens (including phenoxy) is 2. The maximum Gasteiger partial charge on any atom is 0.220 e. The largest absolute Gasteiger partial charge is 0.497 e. The first-order chi connectivity index (χ1) is 12.8. The molecule has 1 aliphatic rings. The maximum absolute atomic E-state index is 12.6. The van der Waals surface area contributed by atoms with Gasteiger partial charge in [0.25, 0.3) is 0 Å². The minimum atomic E-state index is -0.362. The van der Waals surface area contributed by atoms with E-state index in [1.165, 1.54) is 0 Å². The number of benzene rings is 2. The van der Waals surface area contributed by atoms with Crippen molar-refractivity contribution in [1.29, 1.82) is 0 Å². The molecule has 2 aromatic rings. The molecule has 27 heavy (non-hydrogen) atoms. The van der Waals surface area contributed by atoms with Gasteiger partial charge in [0, 0.05) is 28.5 Å². The Bertz CT molecular complexity index is 851. The van der Waals surface area contributed by atoms with Gasteiger partial charge in [-0.05, 0) is 56.2 Å². The van der Waals surface area contributed by atoms with Crippen LogP contribution in [0.3, 0.4) is 0 Å². The summed E-state index contributed by atoms with van der Waals surface area (Å²) in [7, 11) is 1.62. The number of fused-ring (bicyclic) bond motifs is 1. The molecule has 3 rings (SSSR count). The normalized spacial score (nSPS) is 17.6. The fourth-order valence-corrected chi connectivity index (χ4v) is 3.83. The van der Waals surface area contributed by atoms with Gasteiger partial charge in [-0.1, -0.05) is 29.3 Å². The average Bonchev–Trinajstić information content (AvgIpc) is 2.60. The van der Waals surface area contributed by atoms with Gasteiger partial charge in [-0.2, -0.15) is 0 Å². The number of methoxy groups -OCH3 is 1. The van der Waals surface area contributed by atoms with Gasteiger partial charge < -0.3 is 14.8 Å². The number of rotatable bonds is 5. The van der Waals surface area contributed by atoms with Crippen LogP contribution in [-0.4, -0.2) is 18.6 Å². The highest BCUT2D eigenvalue weighted by molar-refractivity contribution is 6.35. The third-order valence-corrected chi connectivity index (χ3v) is 5.23. The highest BCUT2D eigenvalue weighted by Gasteiger charge is 2.34. The van der Waals surface area contributed by atoms with Crippen LogP contribution in [0.25, 0.3) is 0 Å². The molecule has 1 N–H and O–H groups in total. The van der Waals surface area contributed by atoms with Crippen molar-refractivity contribution < 1.29 is 14.3 Å². The van der Waals surface area contributed by atoms with E-state index in [0.29, 0.717) is 29.3 Å². The van der Waals surface area contributed by atoms with E-state index in [1.54, 1.807) is 19.2 Å². The van der Waals surface area contributed by atoms with Crippen molar-refractivity contribution in [1.82, 2.24) is 5.32 Å². The Kier molecular flexibility index (Phi) is 5.87. The van der Waals surface area contributed by atoms with Crippen LogP contribution in [0.15, 0.2) is 36.4 Å². The molecule has 1 atom stereocenters. The number of hydrogen-bond acceptors (Lipinski definition) is 3. The molecule has 0 spiro atoms. The lowest BCUT2D eigenvalue weighted by Gasteiger charge is -2.38. The highest BCUT2D eigenvalue weighted by Crippen LogP contribution is 2.41. The molecule has 0 saturated carbocycles. The van der Waals surface area contributed by atoms with Crippen molar-refractivity contribution in [2.75, 3.05) is 7.11 Å². The van der Waals surface area contributed by atoms with Crippen molar-refractivity contribution in [2.24, 2.45) is 0 Å². The van der Waals surface area contributed by atoms with Gasteiger partial charge in [-0.15, -0.1) is 0 Å². The number of amides is 1. The lowest BCUT2D eigenvalue weighted by Crippen LogP contribution is -2.41. The van der Waals surface area contributed by atoms with E-state index in [-0.39, 0.29) is 17.6 Å². The van der Waals surface area contributed by atoms with E-state index in [2.05, 4.69) is 5.32 Å². The molecule has 1 heterocycles. The zero-order valence-electron chi connectivity index (χ0n) is 15.6. The number of carbonyl (C=O) groups excluding carboxylic acids is 1. The number of hydrogen-bond donors (Lipinski definition) is 1. The number of nitrogens with one attached hydrogen (secondary N) is 1. The van der Waals surface area contributed by atoms with Crippen molar-refractivity contribution in [2.45, 2.75) is 44.8 Å². The second-order valence-corrected chi connectivity index (χ2v) is 8.17. The van der Waals surface area contributed by atoms with Crippen LogP contribution in [0, 0.1) is 0 Å². The van der Waals surface area contributed by atoms with Gasteiger partial charge in [0.2, 0.25) is 5.91 Å². The molecule has 0 bridgehead atoms. The summed E-state index contributed by atoms with van der Waals surface area (Å²) in [6.07, 6.45) is 1.58. The predicted octanol–water partition coefficient (Wildman–Crippen LogP) is 5.35. The van der Waals surface area contributed by atoms with Crippen molar-refractivity contribution in [3.8, 4) is 11.5 Å². The zero-order valence-corrected chi connectivity index (χ0v) is 17.2. The van der Waals surface area contributed by atoms with E-state index in [9.17, 15) is 4.79 Å². The van der Waals surface area contributed by atoms with Crippen LogP contribution < -0.4 is 14.8 Å². The van der Waals surface area contributed by atoms with E-state index in [4.69, 9.17) is 32.7 Å². The zero-order chi connectivity index (χ0) is 19.6. The van der Waals surface area contributed by atoms with Crippen molar-refractivity contribution >= 4 is 29.1 Å². The fraction of sp³-hybridized carbons (Fsp3) is 0.381. The maximum atomic E-state index is 12.6. The molecule has 0 radical (unpaired) electrons. The predicted molar refractivity (Wildman–Crippen MR) is 108 cm³/mol.